The molecule has 25 heavy (non-hydrogen) atoms. The first-order chi connectivity index (χ1) is 12.2. The predicted molar refractivity (Wildman–Crippen MR) is 104 cm³/mol. The lowest BCUT2D eigenvalue weighted by atomic mass is 10.0. The number of aromatic amines is 1. The van der Waals surface area contributed by atoms with Gasteiger partial charge in [0.25, 0.3) is 0 Å². The second kappa shape index (κ2) is 6.76. The largest absolute Gasteiger partial charge is 0.399 e. The van der Waals surface area contributed by atoms with E-state index in [0.717, 1.165) is 41.8 Å². The number of likely N-dealkylation sites (tertiary alicyclic amines) is 1. The molecule has 5 heteroatoms. The fraction of sp³-hybridized carbons (Fsp3) is 0.350. The van der Waals surface area contributed by atoms with Gasteiger partial charge in [-0.3, -0.25) is 10.00 Å². The highest BCUT2D eigenvalue weighted by atomic mass is 15.2. The van der Waals surface area contributed by atoms with Gasteiger partial charge in [0, 0.05) is 35.9 Å². The van der Waals surface area contributed by atoms with E-state index in [1.165, 1.54) is 24.1 Å². The molecule has 4 rings (SSSR count). The van der Waals surface area contributed by atoms with E-state index in [1.54, 1.807) is 0 Å². The summed E-state index contributed by atoms with van der Waals surface area (Å²) in [5.74, 6) is 0. The zero-order chi connectivity index (χ0) is 17.2. The third-order valence-electron chi connectivity index (χ3n) is 5.07. The lowest BCUT2D eigenvalue weighted by molar-refractivity contribution is 0.208. The molecule has 5 nitrogen and oxygen atoms in total. The Morgan fingerprint density at radius 3 is 3.08 bits per heavy atom. The number of nitrogen functional groups attached to an aromatic ring is 1. The lowest BCUT2D eigenvalue weighted by Gasteiger charge is -2.33. The third-order valence-corrected chi connectivity index (χ3v) is 5.07. The number of nitrogens with one attached hydrogen (secondary N) is 2. The fourth-order valence-electron chi connectivity index (χ4n) is 3.63. The minimum atomic E-state index is 0.473. The van der Waals surface area contributed by atoms with Crippen LogP contribution >= 0.6 is 0 Å². The SMILES string of the molecule is Cc1ccc(CN2CCC[C@H](Nc3ccc4[nH]ncc4c3)C2)cc1N. The van der Waals surface area contributed by atoms with Crippen LogP contribution in [0.2, 0.25) is 0 Å². The maximum Gasteiger partial charge on any atom is 0.0651 e. The van der Waals surface area contributed by atoms with Gasteiger partial charge in [0.05, 0.1) is 11.7 Å². The molecule has 1 aliphatic rings. The van der Waals surface area contributed by atoms with Crippen LogP contribution in [0.1, 0.15) is 24.0 Å². The molecule has 1 aliphatic heterocycles. The van der Waals surface area contributed by atoms with Crippen LogP contribution in [0.5, 0.6) is 0 Å². The van der Waals surface area contributed by atoms with Crippen LogP contribution in [-0.4, -0.2) is 34.2 Å². The molecule has 0 radical (unpaired) electrons. The Labute approximate surface area is 148 Å². The summed E-state index contributed by atoms with van der Waals surface area (Å²) >= 11 is 0. The number of aryl methyl sites for hydroxylation is 1. The average molecular weight is 335 g/mol. The molecule has 0 aliphatic carbocycles. The van der Waals surface area contributed by atoms with Crippen molar-refractivity contribution in [1.29, 1.82) is 0 Å². The summed E-state index contributed by atoms with van der Waals surface area (Å²) < 4.78 is 0. The van der Waals surface area contributed by atoms with Crippen molar-refractivity contribution >= 4 is 22.3 Å². The number of piperidine rings is 1. The summed E-state index contributed by atoms with van der Waals surface area (Å²) in [7, 11) is 0. The van der Waals surface area contributed by atoms with Crippen molar-refractivity contribution in [2.75, 3.05) is 24.1 Å². The first-order valence-electron chi connectivity index (χ1n) is 8.94. The first-order valence-corrected chi connectivity index (χ1v) is 8.94. The zero-order valence-corrected chi connectivity index (χ0v) is 14.6. The van der Waals surface area contributed by atoms with E-state index >= 15 is 0 Å². The quantitative estimate of drug-likeness (QED) is 0.638. The number of hydrogen-bond donors (Lipinski definition) is 3. The topological polar surface area (TPSA) is 70.0 Å². The summed E-state index contributed by atoms with van der Waals surface area (Å²) in [5, 5.41) is 11.9. The van der Waals surface area contributed by atoms with Crippen molar-refractivity contribution in [3.63, 3.8) is 0 Å². The Bertz CT molecular complexity index is 869. The molecule has 1 atom stereocenters. The van der Waals surface area contributed by atoms with Gasteiger partial charge in [-0.05, 0) is 61.7 Å². The van der Waals surface area contributed by atoms with Gasteiger partial charge in [0.15, 0.2) is 0 Å². The van der Waals surface area contributed by atoms with E-state index in [4.69, 9.17) is 5.73 Å². The van der Waals surface area contributed by atoms with Crippen LogP contribution in [0.4, 0.5) is 11.4 Å². The Balaban J connectivity index is 1.40. The van der Waals surface area contributed by atoms with Gasteiger partial charge in [-0.2, -0.15) is 5.10 Å². The highest BCUT2D eigenvalue weighted by Gasteiger charge is 2.20. The first kappa shape index (κ1) is 16.0. The number of benzene rings is 2. The maximum atomic E-state index is 6.05. The van der Waals surface area contributed by atoms with Crippen molar-refractivity contribution in [1.82, 2.24) is 15.1 Å². The van der Waals surface area contributed by atoms with Crippen molar-refractivity contribution in [3.05, 3.63) is 53.7 Å². The second-order valence-corrected chi connectivity index (χ2v) is 7.08. The summed E-state index contributed by atoms with van der Waals surface area (Å²) in [6.45, 7) is 5.21. The standard InChI is InChI=1S/C20H25N5/c1-14-4-5-15(9-19(14)21)12-25-8-2-3-18(13-25)23-17-6-7-20-16(10-17)11-22-24-20/h4-7,9-11,18,23H,2-3,8,12-13,21H2,1H3,(H,22,24)/t18-/m0/s1. The van der Waals surface area contributed by atoms with Crippen molar-refractivity contribution in [3.8, 4) is 0 Å². The van der Waals surface area contributed by atoms with Gasteiger partial charge in [-0.15, -0.1) is 0 Å². The van der Waals surface area contributed by atoms with E-state index in [-0.39, 0.29) is 0 Å². The monoisotopic (exact) mass is 335 g/mol. The number of H-pyrrole nitrogens is 1. The molecular formula is C20H25N5. The van der Waals surface area contributed by atoms with Crippen LogP contribution in [0.3, 0.4) is 0 Å². The zero-order valence-electron chi connectivity index (χ0n) is 14.6. The molecule has 2 aromatic carbocycles. The highest BCUT2D eigenvalue weighted by Crippen LogP contribution is 2.22. The number of fused-ring (bicyclic) bond motifs is 1. The van der Waals surface area contributed by atoms with Crippen molar-refractivity contribution in [2.24, 2.45) is 0 Å². The Hall–Kier alpha value is -2.53. The van der Waals surface area contributed by atoms with Gasteiger partial charge in [-0.25, -0.2) is 0 Å². The second-order valence-electron chi connectivity index (χ2n) is 7.08. The minimum absolute atomic E-state index is 0.473. The Morgan fingerprint density at radius 1 is 1.28 bits per heavy atom. The Morgan fingerprint density at radius 2 is 2.20 bits per heavy atom. The fourth-order valence-corrected chi connectivity index (χ4v) is 3.63. The molecular weight excluding hydrogens is 310 g/mol. The van der Waals surface area contributed by atoms with E-state index in [2.05, 4.69) is 63.7 Å². The number of rotatable bonds is 4. The Kier molecular flexibility index (Phi) is 4.32. The van der Waals surface area contributed by atoms with Crippen molar-refractivity contribution < 1.29 is 0 Å². The summed E-state index contributed by atoms with van der Waals surface area (Å²) in [5.41, 5.74) is 11.6. The van der Waals surface area contributed by atoms with Gasteiger partial charge < -0.3 is 11.1 Å². The van der Waals surface area contributed by atoms with Gasteiger partial charge in [-0.1, -0.05) is 12.1 Å². The maximum absolute atomic E-state index is 6.05. The highest BCUT2D eigenvalue weighted by molar-refractivity contribution is 5.81. The molecule has 0 saturated carbocycles. The van der Waals surface area contributed by atoms with E-state index < -0.39 is 0 Å². The smallest absolute Gasteiger partial charge is 0.0651 e. The number of aromatic nitrogens is 2. The number of hydrogen-bond acceptors (Lipinski definition) is 4. The third kappa shape index (κ3) is 3.61. The van der Waals surface area contributed by atoms with Crippen LogP contribution in [-0.2, 0) is 6.54 Å². The molecule has 3 aromatic rings. The van der Waals surface area contributed by atoms with Gasteiger partial charge in [0.2, 0.25) is 0 Å². The number of nitrogens with zero attached hydrogens (tertiary/aromatic N) is 2. The predicted octanol–water partition coefficient (Wildman–Crippen LogP) is 3.53. The van der Waals surface area contributed by atoms with E-state index in [1.807, 2.05) is 6.20 Å². The molecule has 1 saturated heterocycles. The number of nitrogens with two attached hydrogens (primary N) is 1. The van der Waals surface area contributed by atoms with Crippen LogP contribution in [0.25, 0.3) is 10.9 Å². The summed E-state index contributed by atoms with van der Waals surface area (Å²) in [6, 6.07) is 13.3. The van der Waals surface area contributed by atoms with E-state index in [0.29, 0.717) is 6.04 Å². The normalized spacial score (nSPS) is 18.5. The number of anilines is 2. The molecule has 130 valence electrons. The lowest BCUT2D eigenvalue weighted by Crippen LogP contribution is -2.41. The molecule has 1 fully saturated rings. The van der Waals surface area contributed by atoms with Crippen LogP contribution in [0, 0.1) is 6.92 Å². The molecule has 0 bridgehead atoms. The van der Waals surface area contributed by atoms with Crippen LogP contribution < -0.4 is 11.1 Å². The van der Waals surface area contributed by atoms with Crippen LogP contribution in [0.15, 0.2) is 42.6 Å². The molecule has 2 heterocycles. The summed E-state index contributed by atoms with van der Waals surface area (Å²) in [4.78, 5) is 2.52. The molecule has 0 amide bonds. The van der Waals surface area contributed by atoms with Crippen molar-refractivity contribution in [2.45, 2.75) is 32.4 Å². The van der Waals surface area contributed by atoms with Gasteiger partial charge >= 0.3 is 0 Å². The summed E-state index contributed by atoms with van der Waals surface area (Å²) in [6.07, 6.45) is 4.29. The molecule has 4 N–H and O–H groups in total. The minimum Gasteiger partial charge on any atom is -0.399 e. The molecule has 0 unspecified atom stereocenters. The van der Waals surface area contributed by atoms with Gasteiger partial charge in [0.1, 0.15) is 0 Å². The van der Waals surface area contributed by atoms with E-state index in [9.17, 15) is 0 Å². The molecule has 1 aromatic heterocycles. The average Bonchev–Trinajstić information content (AvgIpc) is 3.06. The molecule has 0 spiro atoms.